The zero-order chi connectivity index (χ0) is 30.9. The number of aromatic amines is 1. The number of fused-ring (bicyclic) bond motifs is 1. The van der Waals surface area contributed by atoms with Gasteiger partial charge >= 0.3 is 12.4 Å². The van der Waals surface area contributed by atoms with E-state index in [1.54, 1.807) is 0 Å². The monoisotopic (exact) mass is 682 g/mol. The van der Waals surface area contributed by atoms with Crippen LogP contribution in [0, 0.1) is 0 Å². The molecule has 0 saturated carbocycles. The van der Waals surface area contributed by atoms with Crippen LogP contribution in [-0.4, -0.2) is 89.7 Å². The molecule has 1 amide bonds. The number of amides is 1. The lowest BCUT2D eigenvalue weighted by Crippen LogP contribution is -2.56. The Bertz CT molecular complexity index is 1390. The molecule has 1 N–H and O–H groups in total. The third-order valence-electron chi connectivity index (χ3n) is 8.24. The Balaban J connectivity index is 0.00000276. The van der Waals surface area contributed by atoms with Crippen molar-refractivity contribution in [2.75, 3.05) is 45.8 Å². The van der Waals surface area contributed by atoms with Crippen LogP contribution in [0.5, 0.6) is 0 Å². The van der Waals surface area contributed by atoms with E-state index in [0.29, 0.717) is 31.6 Å². The second-order valence-electron chi connectivity index (χ2n) is 11.7. The molecule has 45 heavy (non-hydrogen) atoms. The summed E-state index contributed by atoms with van der Waals surface area (Å²) in [7, 11) is 0. The van der Waals surface area contributed by atoms with Crippen LogP contribution in [0.2, 0.25) is 0 Å². The fraction of sp³-hybridized carbons (Fsp3) is 0.516. The average Bonchev–Trinajstić information content (AvgIpc) is 3.34. The third-order valence-corrected chi connectivity index (χ3v) is 8.24. The summed E-state index contributed by atoms with van der Waals surface area (Å²) in [6.07, 6.45) is -6.62. The van der Waals surface area contributed by atoms with Crippen molar-refractivity contribution in [3.63, 3.8) is 0 Å². The van der Waals surface area contributed by atoms with Gasteiger partial charge in [0.25, 0.3) is 5.91 Å². The smallest absolute Gasteiger partial charge is 0.373 e. The van der Waals surface area contributed by atoms with Crippen molar-refractivity contribution in [3.8, 4) is 0 Å². The van der Waals surface area contributed by atoms with Crippen LogP contribution in [0.15, 0.2) is 48.7 Å². The number of hydrogen-bond donors (Lipinski definition) is 1. The first-order valence-electron chi connectivity index (χ1n) is 14.5. The summed E-state index contributed by atoms with van der Waals surface area (Å²) in [6, 6.07) is 8.30. The molecule has 2 aromatic carbocycles. The predicted octanol–water partition coefficient (Wildman–Crippen LogP) is 6.92. The molecule has 6 nitrogen and oxygen atoms in total. The molecule has 3 heterocycles. The van der Waals surface area contributed by atoms with Crippen molar-refractivity contribution in [3.05, 3.63) is 70.9 Å². The molecule has 2 saturated heterocycles. The predicted molar refractivity (Wildman–Crippen MR) is 165 cm³/mol. The maximum absolute atomic E-state index is 13.7. The van der Waals surface area contributed by atoms with E-state index in [-0.39, 0.29) is 49.6 Å². The second kappa shape index (κ2) is 14.9. The zero-order valence-electron chi connectivity index (χ0n) is 25.0. The minimum atomic E-state index is -5.03. The first-order chi connectivity index (χ1) is 20.3. The molecule has 3 atom stereocenters. The van der Waals surface area contributed by atoms with Crippen LogP contribution in [0.4, 0.5) is 26.3 Å². The lowest BCUT2D eigenvalue weighted by molar-refractivity contribution is -0.143. The summed E-state index contributed by atoms with van der Waals surface area (Å²) in [5.74, 6) is -0.836. The number of benzene rings is 2. The molecule has 0 radical (unpaired) electrons. The maximum atomic E-state index is 13.7. The number of hydrogen-bond acceptors (Lipinski definition) is 4. The molecule has 3 aromatic rings. The third kappa shape index (κ3) is 9.06. The normalized spacial score (nSPS) is 21.8. The SMILES string of the molecule is CC1CN(CCCN2CCN(C(=O)c3cc(C(F)(F)F)cc(C(F)(F)F)c3)[C@H](Cc3c[nH]c4ccccc34)C2)CC(C)O1.Cl.Cl. The fourth-order valence-corrected chi connectivity index (χ4v) is 6.35. The quantitative estimate of drug-likeness (QED) is 0.275. The van der Waals surface area contributed by atoms with Gasteiger partial charge in [-0.3, -0.25) is 14.6 Å². The Labute approximate surface area is 270 Å². The number of morpholine rings is 1. The molecule has 0 bridgehead atoms. The van der Waals surface area contributed by atoms with Gasteiger partial charge in [-0.05, 0) is 69.6 Å². The van der Waals surface area contributed by atoms with Crippen molar-refractivity contribution in [2.24, 2.45) is 0 Å². The van der Waals surface area contributed by atoms with Crippen molar-refractivity contribution in [1.82, 2.24) is 19.7 Å². The number of aromatic nitrogens is 1. The van der Waals surface area contributed by atoms with Crippen LogP contribution in [0.1, 0.15) is 47.3 Å². The van der Waals surface area contributed by atoms with Gasteiger partial charge in [0.15, 0.2) is 0 Å². The van der Waals surface area contributed by atoms with E-state index in [9.17, 15) is 31.1 Å². The molecular formula is C31H38Cl2F6N4O2. The van der Waals surface area contributed by atoms with Crippen molar-refractivity contribution >= 4 is 41.6 Å². The molecule has 1 aromatic heterocycles. The second-order valence-corrected chi connectivity index (χ2v) is 11.7. The first-order valence-corrected chi connectivity index (χ1v) is 14.5. The van der Waals surface area contributed by atoms with Crippen LogP contribution < -0.4 is 0 Å². The van der Waals surface area contributed by atoms with Crippen molar-refractivity contribution < 1.29 is 35.9 Å². The van der Waals surface area contributed by atoms with Crippen LogP contribution in [0.3, 0.4) is 0 Å². The van der Waals surface area contributed by atoms with Gasteiger partial charge in [0.2, 0.25) is 0 Å². The summed E-state index contributed by atoms with van der Waals surface area (Å²) in [5, 5.41) is 0.959. The highest BCUT2D eigenvalue weighted by molar-refractivity contribution is 5.95. The van der Waals surface area contributed by atoms with E-state index < -0.39 is 41.0 Å². The molecule has 2 aliphatic rings. The van der Waals surface area contributed by atoms with Gasteiger partial charge in [0.1, 0.15) is 0 Å². The highest BCUT2D eigenvalue weighted by Gasteiger charge is 2.39. The van der Waals surface area contributed by atoms with E-state index in [1.165, 1.54) is 4.90 Å². The number of piperazine rings is 1. The number of H-pyrrole nitrogens is 1. The standard InChI is InChI=1S/C31H36F6N4O2.2ClH/c1-20-17-40(18-21(2)43-20)9-5-8-39-10-11-41(26(19-39)14-23-16-38-28-7-4-3-6-27(23)28)29(42)22-12-24(30(32,33)34)15-25(13-22)31(35,36)37;;/h3-4,6-7,12-13,15-16,20-21,26,38H,5,8-11,14,17-19H2,1-2H3;2*1H/t20?,21?,26-;;/m1../s1. The van der Waals surface area contributed by atoms with Gasteiger partial charge in [-0.15, -0.1) is 24.8 Å². The van der Waals surface area contributed by atoms with Gasteiger partial charge in [0.05, 0.1) is 23.3 Å². The Morgan fingerprint density at radius 2 is 1.47 bits per heavy atom. The molecule has 14 heteroatoms. The summed E-state index contributed by atoms with van der Waals surface area (Å²) >= 11 is 0. The Morgan fingerprint density at radius 3 is 2.09 bits per heavy atom. The zero-order valence-corrected chi connectivity index (χ0v) is 26.6. The van der Waals surface area contributed by atoms with Crippen molar-refractivity contribution in [2.45, 2.75) is 57.3 Å². The van der Waals surface area contributed by atoms with E-state index in [4.69, 9.17) is 4.74 Å². The van der Waals surface area contributed by atoms with Crippen LogP contribution >= 0.6 is 24.8 Å². The molecular weight excluding hydrogens is 645 g/mol. The largest absolute Gasteiger partial charge is 0.416 e. The molecule has 2 unspecified atom stereocenters. The molecule has 0 aliphatic carbocycles. The average molecular weight is 684 g/mol. The summed E-state index contributed by atoms with van der Waals surface area (Å²) in [4.78, 5) is 22.9. The Morgan fingerprint density at radius 1 is 0.867 bits per heavy atom. The topological polar surface area (TPSA) is 51.8 Å². The first kappa shape index (κ1) is 37.0. The molecule has 2 aliphatic heterocycles. The Kier molecular flexibility index (Phi) is 12.3. The number of alkyl halides is 6. The number of nitrogens with one attached hydrogen (secondary N) is 1. The highest BCUT2D eigenvalue weighted by Crippen LogP contribution is 2.37. The van der Waals surface area contributed by atoms with Crippen LogP contribution in [0.25, 0.3) is 10.9 Å². The van der Waals surface area contributed by atoms with Gasteiger partial charge in [0, 0.05) is 61.4 Å². The van der Waals surface area contributed by atoms with Gasteiger partial charge < -0.3 is 14.6 Å². The number of rotatable bonds is 7. The van der Waals surface area contributed by atoms with Gasteiger partial charge in [-0.25, -0.2) is 0 Å². The van der Waals surface area contributed by atoms with E-state index in [2.05, 4.69) is 28.6 Å². The van der Waals surface area contributed by atoms with Crippen molar-refractivity contribution in [1.29, 1.82) is 0 Å². The lowest BCUT2D eigenvalue weighted by Gasteiger charge is -2.42. The minimum Gasteiger partial charge on any atom is -0.373 e. The lowest BCUT2D eigenvalue weighted by atomic mass is 9.98. The number of halogens is 8. The number of ether oxygens (including phenoxy) is 1. The number of nitrogens with zero attached hydrogens (tertiary/aromatic N) is 3. The van der Waals surface area contributed by atoms with E-state index in [1.807, 2.05) is 30.5 Å². The van der Waals surface area contributed by atoms with E-state index in [0.717, 1.165) is 49.1 Å². The summed E-state index contributed by atoms with van der Waals surface area (Å²) in [5.41, 5.74) is -1.77. The van der Waals surface area contributed by atoms with Crippen LogP contribution in [-0.2, 0) is 23.5 Å². The number of carbonyl (C=O) groups is 1. The highest BCUT2D eigenvalue weighted by atomic mass is 35.5. The maximum Gasteiger partial charge on any atom is 0.416 e. The number of carbonyl (C=O) groups excluding carboxylic acids is 1. The summed E-state index contributed by atoms with van der Waals surface area (Å²) < 4.78 is 87.1. The van der Waals surface area contributed by atoms with E-state index >= 15 is 0 Å². The van der Waals surface area contributed by atoms with Gasteiger partial charge in [-0.1, -0.05) is 18.2 Å². The molecule has 250 valence electrons. The minimum absolute atomic E-state index is 0. The molecule has 0 spiro atoms. The molecule has 5 rings (SSSR count). The summed E-state index contributed by atoms with van der Waals surface area (Å²) in [6.45, 7) is 8.56. The Hall–Kier alpha value is -2.51. The molecule has 2 fully saturated rings. The van der Waals surface area contributed by atoms with Gasteiger partial charge in [-0.2, -0.15) is 26.3 Å². The fourth-order valence-electron chi connectivity index (χ4n) is 6.35. The number of para-hydroxylation sites is 1.